The van der Waals surface area contributed by atoms with Crippen LogP contribution in [0.4, 0.5) is 0 Å². The van der Waals surface area contributed by atoms with Crippen molar-refractivity contribution in [2.45, 2.75) is 13.8 Å². The maximum absolute atomic E-state index is 10.6. The van der Waals surface area contributed by atoms with Gasteiger partial charge in [0.15, 0.2) is 17.8 Å². The molecule has 4 heteroatoms. The molecule has 1 rings (SSSR count). The Bertz CT molecular complexity index is 347. The molecule has 0 atom stereocenters. The first kappa shape index (κ1) is 11.4. The molecular formula is C11H14O4. The molecule has 0 aliphatic rings. The van der Waals surface area contributed by atoms with Crippen LogP contribution in [0.15, 0.2) is 12.1 Å². The summed E-state index contributed by atoms with van der Waals surface area (Å²) in [6.07, 6.45) is 0.577. The highest BCUT2D eigenvalue weighted by Gasteiger charge is 2.14. The van der Waals surface area contributed by atoms with Gasteiger partial charge in [-0.05, 0) is 26.0 Å². The maximum atomic E-state index is 10.6. The quantitative estimate of drug-likeness (QED) is 0.755. The summed E-state index contributed by atoms with van der Waals surface area (Å²) in [5.41, 5.74) is 0.196. The number of rotatable bonds is 5. The molecule has 0 amide bonds. The minimum Gasteiger partial charge on any atom is -0.504 e. The van der Waals surface area contributed by atoms with E-state index >= 15 is 0 Å². The van der Waals surface area contributed by atoms with Crippen LogP contribution in [0.1, 0.15) is 24.2 Å². The van der Waals surface area contributed by atoms with Gasteiger partial charge in [-0.15, -0.1) is 0 Å². The van der Waals surface area contributed by atoms with Crippen molar-refractivity contribution in [3.05, 3.63) is 17.7 Å². The Morgan fingerprint density at radius 3 is 2.47 bits per heavy atom. The lowest BCUT2D eigenvalue weighted by Crippen LogP contribution is -1.99. The average molecular weight is 210 g/mol. The van der Waals surface area contributed by atoms with Gasteiger partial charge in [0.25, 0.3) is 0 Å². The number of ether oxygens (including phenoxy) is 2. The van der Waals surface area contributed by atoms with Gasteiger partial charge in [0, 0.05) is 0 Å². The summed E-state index contributed by atoms with van der Waals surface area (Å²) in [5.74, 6) is 0.504. The predicted octanol–water partition coefficient (Wildman–Crippen LogP) is 2.00. The lowest BCUT2D eigenvalue weighted by Gasteiger charge is -2.12. The molecule has 1 aromatic carbocycles. The SMILES string of the molecule is CCOc1ccc(C=O)c(O)c1OCC. The summed E-state index contributed by atoms with van der Waals surface area (Å²) in [5, 5.41) is 9.69. The molecule has 4 nitrogen and oxygen atoms in total. The summed E-state index contributed by atoms with van der Waals surface area (Å²) in [6.45, 7) is 4.50. The smallest absolute Gasteiger partial charge is 0.204 e. The van der Waals surface area contributed by atoms with E-state index in [2.05, 4.69) is 0 Å². The second-order valence-corrected chi connectivity index (χ2v) is 2.81. The first-order valence-corrected chi connectivity index (χ1v) is 4.81. The number of carbonyl (C=O) groups excluding carboxylic acids is 1. The van der Waals surface area contributed by atoms with E-state index in [-0.39, 0.29) is 17.1 Å². The molecule has 0 unspecified atom stereocenters. The number of hydrogen-bond acceptors (Lipinski definition) is 4. The zero-order valence-electron chi connectivity index (χ0n) is 8.82. The van der Waals surface area contributed by atoms with Crippen LogP contribution >= 0.6 is 0 Å². The second kappa shape index (κ2) is 5.24. The van der Waals surface area contributed by atoms with E-state index in [0.29, 0.717) is 25.2 Å². The van der Waals surface area contributed by atoms with E-state index in [0.717, 1.165) is 0 Å². The van der Waals surface area contributed by atoms with E-state index < -0.39 is 0 Å². The average Bonchev–Trinajstić information content (AvgIpc) is 2.24. The third-order valence-corrected chi connectivity index (χ3v) is 1.84. The minimum absolute atomic E-state index is 0.169. The largest absolute Gasteiger partial charge is 0.504 e. The second-order valence-electron chi connectivity index (χ2n) is 2.81. The van der Waals surface area contributed by atoms with Gasteiger partial charge in [-0.2, -0.15) is 0 Å². The number of benzene rings is 1. The van der Waals surface area contributed by atoms with Crippen LogP contribution in [-0.2, 0) is 0 Å². The number of phenols is 1. The summed E-state index contributed by atoms with van der Waals surface area (Å²) in [6, 6.07) is 3.10. The van der Waals surface area contributed by atoms with E-state index in [4.69, 9.17) is 9.47 Å². The lowest BCUT2D eigenvalue weighted by molar-refractivity contribution is 0.112. The molecule has 15 heavy (non-hydrogen) atoms. The first-order valence-electron chi connectivity index (χ1n) is 4.81. The van der Waals surface area contributed by atoms with Crippen molar-refractivity contribution in [2.24, 2.45) is 0 Å². The van der Waals surface area contributed by atoms with Crippen molar-refractivity contribution in [1.29, 1.82) is 0 Å². The molecule has 0 spiro atoms. The molecule has 0 aliphatic carbocycles. The van der Waals surface area contributed by atoms with Crippen LogP contribution in [0, 0.1) is 0 Å². The highest BCUT2D eigenvalue weighted by atomic mass is 16.5. The van der Waals surface area contributed by atoms with Gasteiger partial charge < -0.3 is 14.6 Å². The Balaban J connectivity index is 3.17. The monoisotopic (exact) mass is 210 g/mol. The van der Waals surface area contributed by atoms with Gasteiger partial charge in [0.05, 0.1) is 18.8 Å². The fourth-order valence-electron chi connectivity index (χ4n) is 1.22. The Hall–Kier alpha value is -1.71. The summed E-state index contributed by atoms with van der Waals surface area (Å²) < 4.78 is 10.5. The molecule has 1 aromatic rings. The highest BCUT2D eigenvalue weighted by molar-refractivity contribution is 5.82. The van der Waals surface area contributed by atoms with Gasteiger partial charge in [-0.1, -0.05) is 0 Å². The van der Waals surface area contributed by atoms with Crippen molar-refractivity contribution >= 4 is 6.29 Å². The van der Waals surface area contributed by atoms with Crippen LogP contribution in [-0.4, -0.2) is 24.6 Å². The predicted molar refractivity (Wildman–Crippen MR) is 55.8 cm³/mol. The Kier molecular flexibility index (Phi) is 3.97. The Labute approximate surface area is 88.4 Å². The van der Waals surface area contributed by atoms with E-state index in [1.807, 2.05) is 6.92 Å². The van der Waals surface area contributed by atoms with Crippen LogP contribution in [0.3, 0.4) is 0 Å². The molecule has 0 bridgehead atoms. The third-order valence-electron chi connectivity index (χ3n) is 1.84. The number of aromatic hydroxyl groups is 1. The molecule has 0 saturated heterocycles. The zero-order chi connectivity index (χ0) is 11.3. The van der Waals surface area contributed by atoms with Gasteiger partial charge in [0.2, 0.25) is 5.75 Å². The molecular weight excluding hydrogens is 196 g/mol. The molecule has 82 valence electrons. The topological polar surface area (TPSA) is 55.8 Å². The number of hydrogen-bond donors (Lipinski definition) is 1. The van der Waals surface area contributed by atoms with Crippen LogP contribution in [0.2, 0.25) is 0 Å². The summed E-state index contributed by atoms with van der Waals surface area (Å²) in [7, 11) is 0. The molecule has 0 radical (unpaired) electrons. The lowest BCUT2D eigenvalue weighted by atomic mass is 10.2. The van der Waals surface area contributed by atoms with Crippen LogP contribution in [0.25, 0.3) is 0 Å². The van der Waals surface area contributed by atoms with Crippen molar-refractivity contribution in [3.63, 3.8) is 0 Å². The van der Waals surface area contributed by atoms with Gasteiger partial charge in [0.1, 0.15) is 0 Å². The Morgan fingerprint density at radius 2 is 1.93 bits per heavy atom. The molecule has 0 aromatic heterocycles. The molecule has 0 saturated carbocycles. The Morgan fingerprint density at radius 1 is 1.27 bits per heavy atom. The summed E-state index contributed by atoms with van der Waals surface area (Å²) in [4.78, 5) is 10.6. The number of carbonyl (C=O) groups is 1. The highest BCUT2D eigenvalue weighted by Crippen LogP contribution is 2.38. The fourth-order valence-corrected chi connectivity index (χ4v) is 1.22. The zero-order valence-corrected chi connectivity index (χ0v) is 8.82. The van der Waals surface area contributed by atoms with Crippen molar-refractivity contribution < 1.29 is 19.4 Å². The van der Waals surface area contributed by atoms with Crippen LogP contribution in [0.5, 0.6) is 17.2 Å². The van der Waals surface area contributed by atoms with Crippen molar-refractivity contribution in [1.82, 2.24) is 0 Å². The van der Waals surface area contributed by atoms with E-state index in [9.17, 15) is 9.90 Å². The molecule has 0 heterocycles. The number of aldehydes is 1. The third kappa shape index (κ3) is 2.40. The van der Waals surface area contributed by atoms with Crippen molar-refractivity contribution in [2.75, 3.05) is 13.2 Å². The van der Waals surface area contributed by atoms with Gasteiger partial charge in [-0.25, -0.2) is 0 Å². The summed E-state index contributed by atoms with van der Waals surface area (Å²) >= 11 is 0. The molecule has 0 aliphatic heterocycles. The maximum Gasteiger partial charge on any atom is 0.204 e. The minimum atomic E-state index is -0.169. The molecule has 0 fully saturated rings. The first-order chi connectivity index (χ1) is 7.24. The van der Waals surface area contributed by atoms with E-state index in [1.54, 1.807) is 13.0 Å². The van der Waals surface area contributed by atoms with Crippen LogP contribution < -0.4 is 9.47 Å². The number of phenolic OH excluding ortho intramolecular Hbond substituents is 1. The van der Waals surface area contributed by atoms with Gasteiger partial charge >= 0.3 is 0 Å². The van der Waals surface area contributed by atoms with Gasteiger partial charge in [-0.3, -0.25) is 4.79 Å². The van der Waals surface area contributed by atoms with E-state index in [1.165, 1.54) is 6.07 Å². The normalized spacial score (nSPS) is 9.73. The van der Waals surface area contributed by atoms with Crippen molar-refractivity contribution in [3.8, 4) is 17.2 Å². The standard InChI is InChI=1S/C11H14O4/c1-3-14-9-6-5-8(7-12)10(13)11(9)15-4-2/h5-7,13H,3-4H2,1-2H3. The molecule has 1 N–H and O–H groups in total. The fraction of sp³-hybridized carbons (Fsp3) is 0.364.